The van der Waals surface area contributed by atoms with Crippen LogP contribution in [-0.4, -0.2) is 63.9 Å². The van der Waals surface area contributed by atoms with Crippen molar-refractivity contribution < 1.29 is 14.0 Å². The maximum atomic E-state index is 13.0. The van der Waals surface area contributed by atoms with Crippen LogP contribution in [0.25, 0.3) is 10.9 Å². The van der Waals surface area contributed by atoms with E-state index in [1.54, 1.807) is 11.8 Å². The first-order chi connectivity index (χ1) is 14.3. The molecule has 1 fully saturated rings. The standard InChI is InChI=1S/C22H27N5O3/c1-13-14(2)26(5)19-7-6-16(10-17(13)19)24-21(28)20-11-27(9-8-25(20)4)22(29)18-12-30-15(3)23-18/h6-7,10,12,20H,8-9,11H2,1-5H3,(H,24,28)/t20-/m1/s1. The lowest BCUT2D eigenvalue weighted by atomic mass is 10.1. The van der Waals surface area contributed by atoms with E-state index < -0.39 is 6.04 Å². The molecule has 8 nitrogen and oxygen atoms in total. The fraction of sp³-hybridized carbons (Fsp3) is 0.409. The first-order valence-electron chi connectivity index (χ1n) is 10.0. The number of carbonyl (C=O) groups is 2. The number of oxazole rings is 1. The first-order valence-corrected chi connectivity index (χ1v) is 10.0. The monoisotopic (exact) mass is 409 g/mol. The molecule has 1 aliphatic heterocycles. The molecule has 1 atom stereocenters. The van der Waals surface area contributed by atoms with Gasteiger partial charge >= 0.3 is 0 Å². The van der Waals surface area contributed by atoms with E-state index in [1.807, 2.05) is 37.2 Å². The highest BCUT2D eigenvalue weighted by Crippen LogP contribution is 2.27. The number of nitrogens with zero attached hydrogens (tertiary/aromatic N) is 4. The van der Waals surface area contributed by atoms with Gasteiger partial charge in [0.2, 0.25) is 5.91 Å². The number of carbonyl (C=O) groups excluding carboxylic acids is 2. The number of hydrogen-bond acceptors (Lipinski definition) is 5. The Morgan fingerprint density at radius 2 is 1.93 bits per heavy atom. The van der Waals surface area contributed by atoms with E-state index in [9.17, 15) is 9.59 Å². The van der Waals surface area contributed by atoms with Crippen molar-refractivity contribution in [2.45, 2.75) is 26.8 Å². The van der Waals surface area contributed by atoms with Crippen LogP contribution in [0.15, 0.2) is 28.9 Å². The lowest BCUT2D eigenvalue weighted by molar-refractivity contribution is -0.122. The number of piperazine rings is 1. The molecule has 4 rings (SSSR count). The van der Waals surface area contributed by atoms with Crippen LogP contribution in [0.2, 0.25) is 0 Å². The van der Waals surface area contributed by atoms with E-state index in [-0.39, 0.29) is 17.5 Å². The second-order valence-corrected chi connectivity index (χ2v) is 7.99. The number of fused-ring (bicyclic) bond motifs is 1. The van der Waals surface area contributed by atoms with Gasteiger partial charge in [-0.1, -0.05) is 0 Å². The summed E-state index contributed by atoms with van der Waals surface area (Å²) >= 11 is 0. The molecule has 0 spiro atoms. The van der Waals surface area contributed by atoms with Crippen LogP contribution >= 0.6 is 0 Å². The van der Waals surface area contributed by atoms with Crippen LogP contribution in [-0.2, 0) is 11.8 Å². The smallest absolute Gasteiger partial charge is 0.275 e. The van der Waals surface area contributed by atoms with E-state index in [1.165, 1.54) is 17.5 Å². The van der Waals surface area contributed by atoms with E-state index >= 15 is 0 Å². The maximum absolute atomic E-state index is 13.0. The van der Waals surface area contributed by atoms with E-state index in [0.717, 1.165) is 16.6 Å². The summed E-state index contributed by atoms with van der Waals surface area (Å²) in [5, 5.41) is 4.16. The summed E-state index contributed by atoms with van der Waals surface area (Å²) in [7, 11) is 3.95. The van der Waals surface area contributed by atoms with Crippen molar-refractivity contribution in [1.82, 2.24) is 19.4 Å². The molecular formula is C22H27N5O3. The van der Waals surface area contributed by atoms with Gasteiger partial charge in [0.25, 0.3) is 5.91 Å². The number of benzene rings is 1. The Hall–Kier alpha value is -3.13. The van der Waals surface area contributed by atoms with Crippen LogP contribution in [0, 0.1) is 20.8 Å². The Morgan fingerprint density at radius 1 is 1.17 bits per heavy atom. The van der Waals surface area contributed by atoms with Gasteiger partial charge in [-0.2, -0.15) is 0 Å². The summed E-state index contributed by atoms with van der Waals surface area (Å²) in [4.78, 5) is 33.5. The molecule has 1 aromatic carbocycles. The van der Waals surface area contributed by atoms with E-state index in [4.69, 9.17) is 4.42 Å². The highest BCUT2D eigenvalue weighted by atomic mass is 16.3. The van der Waals surface area contributed by atoms with E-state index in [2.05, 4.69) is 28.7 Å². The molecular weight excluding hydrogens is 382 g/mol. The van der Waals surface area contributed by atoms with Crippen LogP contribution < -0.4 is 5.32 Å². The molecule has 0 bridgehead atoms. The fourth-order valence-electron chi connectivity index (χ4n) is 4.02. The molecule has 1 N–H and O–H groups in total. The van der Waals surface area contributed by atoms with E-state index in [0.29, 0.717) is 25.5 Å². The minimum absolute atomic E-state index is 0.129. The third-order valence-electron chi connectivity index (χ3n) is 6.15. The van der Waals surface area contributed by atoms with Crippen molar-refractivity contribution in [2.24, 2.45) is 7.05 Å². The number of aromatic nitrogens is 2. The van der Waals surface area contributed by atoms with Crippen LogP contribution in [0.4, 0.5) is 5.69 Å². The van der Waals surface area contributed by atoms with Gasteiger partial charge in [0.15, 0.2) is 11.6 Å². The molecule has 30 heavy (non-hydrogen) atoms. The molecule has 2 aromatic heterocycles. The second-order valence-electron chi connectivity index (χ2n) is 7.99. The molecule has 3 heterocycles. The molecule has 0 aliphatic carbocycles. The molecule has 0 radical (unpaired) electrons. The SMILES string of the molecule is Cc1nc(C(=O)N2CCN(C)[C@@H](C(=O)Nc3ccc4c(c3)c(C)c(C)n4C)C2)co1. The number of hydrogen-bond donors (Lipinski definition) is 1. The van der Waals surface area contributed by atoms with Gasteiger partial charge in [0.05, 0.1) is 0 Å². The van der Waals surface area contributed by atoms with Gasteiger partial charge < -0.3 is 19.2 Å². The zero-order chi connectivity index (χ0) is 21.6. The van der Waals surface area contributed by atoms with Crippen molar-refractivity contribution in [3.05, 3.63) is 47.3 Å². The summed E-state index contributed by atoms with van der Waals surface area (Å²) in [5.41, 5.74) is 4.58. The van der Waals surface area contributed by atoms with Gasteiger partial charge in [0.1, 0.15) is 12.3 Å². The zero-order valence-corrected chi connectivity index (χ0v) is 18.0. The Kier molecular flexibility index (Phi) is 5.11. The average molecular weight is 409 g/mol. The molecule has 3 aromatic rings. The van der Waals surface area contributed by atoms with Crippen LogP contribution in [0.5, 0.6) is 0 Å². The van der Waals surface area contributed by atoms with Gasteiger partial charge in [-0.25, -0.2) is 4.98 Å². The molecule has 158 valence electrons. The zero-order valence-electron chi connectivity index (χ0n) is 18.0. The third-order valence-corrected chi connectivity index (χ3v) is 6.15. The fourth-order valence-corrected chi connectivity index (χ4v) is 4.02. The average Bonchev–Trinajstić information content (AvgIpc) is 3.25. The Morgan fingerprint density at radius 3 is 2.63 bits per heavy atom. The largest absolute Gasteiger partial charge is 0.448 e. The summed E-state index contributed by atoms with van der Waals surface area (Å²) in [5.74, 6) is 0.106. The molecule has 1 aliphatic rings. The predicted molar refractivity (Wildman–Crippen MR) is 115 cm³/mol. The van der Waals surface area contributed by atoms with Crippen LogP contribution in [0.3, 0.4) is 0 Å². The molecule has 0 saturated carbocycles. The number of nitrogens with one attached hydrogen (secondary N) is 1. The summed E-state index contributed by atoms with van der Waals surface area (Å²) < 4.78 is 7.31. The third kappa shape index (κ3) is 3.47. The van der Waals surface area contributed by atoms with Crippen LogP contribution in [0.1, 0.15) is 27.6 Å². The Labute approximate surface area is 175 Å². The van der Waals surface area contributed by atoms with Crippen molar-refractivity contribution in [3.63, 3.8) is 0 Å². The highest BCUT2D eigenvalue weighted by Gasteiger charge is 2.33. The molecule has 2 amide bonds. The topological polar surface area (TPSA) is 83.6 Å². The van der Waals surface area contributed by atoms with Crippen molar-refractivity contribution in [2.75, 3.05) is 32.0 Å². The quantitative estimate of drug-likeness (QED) is 0.719. The summed E-state index contributed by atoms with van der Waals surface area (Å²) in [6.45, 7) is 7.33. The van der Waals surface area contributed by atoms with Gasteiger partial charge in [-0.3, -0.25) is 14.5 Å². The first kappa shape index (κ1) is 20.2. The molecule has 8 heteroatoms. The normalized spacial score (nSPS) is 17.5. The number of anilines is 1. The molecule has 0 unspecified atom stereocenters. The Bertz CT molecular complexity index is 1130. The van der Waals surface area contributed by atoms with Gasteiger partial charge in [-0.15, -0.1) is 0 Å². The lowest BCUT2D eigenvalue weighted by Crippen LogP contribution is -2.57. The number of likely N-dealkylation sites (N-methyl/N-ethyl adjacent to an activating group) is 1. The lowest BCUT2D eigenvalue weighted by Gasteiger charge is -2.38. The van der Waals surface area contributed by atoms with Crippen molar-refractivity contribution in [1.29, 1.82) is 0 Å². The van der Waals surface area contributed by atoms with Gasteiger partial charge in [0, 0.05) is 55.9 Å². The van der Waals surface area contributed by atoms with Gasteiger partial charge in [-0.05, 0) is 44.7 Å². The summed E-state index contributed by atoms with van der Waals surface area (Å²) in [6, 6.07) is 5.52. The number of aryl methyl sites for hydroxylation is 3. The summed E-state index contributed by atoms with van der Waals surface area (Å²) in [6.07, 6.45) is 1.37. The molecule has 1 saturated heterocycles. The maximum Gasteiger partial charge on any atom is 0.275 e. The van der Waals surface area contributed by atoms with Crippen molar-refractivity contribution in [3.8, 4) is 0 Å². The highest BCUT2D eigenvalue weighted by molar-refractivity contribution is 5.99. The van der Waals surface area contributed by atoms with Crippen molar-refractivity contribution >= 4 is 28.4 Å². The Balaban J connectivity index is 1.51. The minimum Gasteiger partial charge on any atom is -0.448 e. The second kappa shape index (κ2) is 7.60. The minimum atomic E-state index is -0.440. The number of amides is 2. The number of rotatable bonds is 3. The predicted octanol–water partition coefficient (Wildman–Crippen LogP) is 2.49.